The van der Waals surface area contributed by atoms with Gasteiger partial charge in [0.25, 0.3) is 22.7 Å². The summed E-state index contributed by atoms with van der Waals surface area (Å²) in [7, 11) is 0. The van der Waals surface area contributed by atoms with Crippen LogP contribution in [-0.4, -0.2) is 102 Å². The van der Waals surface area contributed by atoms with Crippen molar-refractivity contribution in [3.05, 3.63) is 0 Å². The van der Waals surface area contributed by atoms with Gasteiger partial charge in [0.2, 0.25) is 0 Å². The van der Waals surface area contributed by atoms with E-state index in [9.17, 15) is 0 Å². The Bertz CT molecular complexity index is 71.7. The first-order chi connectivity index (χ1) is 3.46. The molecule has 10 heavy (non-hydrogen) atoms. The molecule has 0 bridgehead atoms. The molecule has 4 N–H and O–H groups in total. The predicted octanol–water partition coefficient (Wildman–Crippen LogP) is -2.47. The number of rotatable bonds is 0. The average molecular weight is 248 g/mol. The van der Waals surface area contributed by atoms with Crippen LogP contribution in [0.3, 0.4) is 0 Å². The normalized spacial score (nSPS) is 7.00. The zero-order chi connectivity index (χ0) is 7.15. The fourth-order valence-corrected chi connectivity index (χ4v) is 0. The molecule has 0 aromatic rings. The molecule has 0 saturated heterocycles. The second-order valence-corrected chi connectivity index (χ2v) is 1.38. The monoisotopic (exact) mass is 248 g/mol. The Morgan fingerprint density at radius 2 is 0.700 bits per heavy atom. The van der Waals surface area contributed by atoms with Crippen LogP contribution in [-0.2, 0) is 22.7 Å². The van der Waals surface area contributed by atoms with Crippen molar-refractivity contribution in [3.63, 3.8) is 0 Å². The summed E-state index contributed by atoms with van der Waals surface area (Å²) in [6, 6.07) is 0. The third-order valence-electron chi connectivity index (χ3n) is 0. The quantitative estimate of drug-likeness (QED) is 0.279. The van der Waals surface area contributed by atoms with Gasteiger partial charge in [-0.1, -0.05) is 0 Å². The van der Waals surface area contributed by atoms with E-state index in [4.69, 9.17) is 26.6 Å². The molecule has 0 aromatic heterocycles. The van der Waals surface area contributed by atoms with E-state index in [1.165, 1.54) is 0 Å². The van der Waals surface area contributed by atoms with E-state index in [1.807, 2.05) is 0 Å². The van der Waals surface area contributed by atoms with E-state index < -0.39 is 22.7 Å². The van der Waals surface area contributed by atoms with Crippen LogP contribution in [0.4, 0.5) is 0 Å². The Morgan fingerprint density at radius 1 is 0.700 bits per heavy atom. The van der Waals surface area contributed by atoms with Crippen LogP contribution in [0, 0.1) is 0 Å². The molecule has 0 aliphatic rings. The third kappa shape index (κ3) is 141. The zero-order valence-corrected chi connectivity index (χ0v) is 5.05. The first-order valence-corrected chi connectivity index (χ1v) is 3.19. The SMILES string of the molecule is O=S(O)O.O=S(O)O.[CaH2].[CaH2]. The van der Waals surface area contributed by atoms with Crippen molar-refractivity contribution < 1.29 is 26.6 Å². The van der Waals surface area contributed by atoms with Crippen molar-refractivity contribution in [3.8, 4) is 0 Å². The molecule has 6 nitrogen and oxygen atoms in total. The van der Waals surface area contributed by atoms with Gasteiger partial charge in [0.1, 0.15) is 0 Å². The minimum atomic E-state index is -2.61. The molecule has 0 rings (SSSR count). The van der Waals surface area contributed by atoms with Crippen LogP contribution in [0.2, 0.25) is 0 Å². The minimum absolute atomic E-state index is 0. The van der Waals surface area contributed by atoms with Crippen molar-refractivity contribution in [1.29, 1.82) is 0 Å². The molecule has 0 aromatic carbocycles. The average Bonchev–Trinajstić information content (AvgIpc) is 1.25. The molecule has 0 atom stereocenters. The summed E-state index contributed by atoms with van der Waals surface area (Å²) in [5, 5.41) is 0. The molecule has 0 spiro atoms. The summed E-state index contributed by atoms with van der Waals surface area (Å²) in [6.45, 7) is 0. The van der Waals surface area contributed by atoms with Crippen molar-refractivity contribution >= 4 is 98.2 Å². The van der Waals surface area contributed by atoms with Crippen LogP contribution in [0.5, 0.6) is 0 Å². The van der Waals surface area contributed by atoms with Crippen LogP contribution < -0.4 is 0 Å². The molecule has 0 saturated carbocycles. The van der Waals surface area contributed by atoms with E-state index in [-0.39, 0.29) is 75.5 Å². The molecular weight excluding hydrogens is 240 g/mol. The van der Waals surface area contributed by atoms with Gasteiger partial charge in [0.15, 0.2) is 0 Å². The number of hydrogen-bond donors (Lipinski definition) is 4. The summed E-state index contributed by atoms with van der Waals surface area (Å²) < 4.78 is 45.7. The molecule has 0 unspecified atom stereocenters. The van der Waals surface area contributed by atoms with E-state index in [2.05, 4.69) is 0 Å². The van der Waals surface area contributed by atoms with Crippen LogP contribution in [0.15, 0.2) is 0 Å². The van der Waals surface area contributed by atoms with Gasteiger partial charge >= 0.3 is 75.5 Å². The maximum atomic E-state index is 8.67. The van der Waals surface area contributed by atoms with Crippen LogP contribution in [0.25, 0.3) is 0 Å². The van der Waals surface area contributed by atoms with Crippen molar-refractivity contribution in [2.45, 2.75) is 0 Å². The molecule has 10 heteroatoms. The Balaban J connectivity index is -0.0000000300. The van der Waals surface area contributed by atoms with Gasteiger partial charge in [-0.3, -0.25) is 18.2 Å². The molecule has 0 amide bonds. The summed E-state index contributed by atoms with van der Waals surface area (Å²) >= 11 is -5.22. The third-order valence-corrected chi connectivity index (χ3v) is 0. The summed E-state index contributed by atoms with van der Waals surface area (Å²) in [5.74, 6) is 0. The second kappa shape index (κ2) is 17.7. The van der Waals surface area contributed by atoms with Gasteiger partial charge in [-0.2, -0.15) is 8.42 Å². The molecule has 60 valence electrons. The predicted molar refractivity (Wildman–Crippen MR) is 43.9 cm³/mol. The zero-order valence-electron chi connectivity index (χ0n) is 3.42. The van der Waals surface area contributed by atoms with E-state index in [0.717, 1.165) is 0 Å². The van der Waals surface area contributed by atoms with E-state index in [0.29, 0.717) is 0 Å². The van der Waals surface area contributed by atoms with Crippen LogP contribution >= 0.6 is 0 Å². The van der Waals surface area contributed by atoms with Crippen molar-refractivity contribution in [2.24, 2.45) is 0 Å². The van der Waals surface area contributed by atoms with Gasteiger partial charge < -0.3 is 0 Å². The molecule has 0 heterocycles. The molecule has 0 fully saturated rings. The molecular formula is H8Ca2O6S2. The van der Waals surface area contributed by atoms with Gasteiger partial charge in [0.05, 0.1) is 0 Å². The first kappa shape index (κ1) is 23.0. The maximum absolute atomic E-state index is 8.67. The van der Waals surface area contributed by atoms with Gasteiger partial charge in [0, 0.05) is 0 Å². The molecule has 0 aliphatic heterocycles. The Kier molecular flexibility index (Phi) is 40.5. The Hall–Kier alpha value is 2.66. The van der Waals surface area contributed by atoms with Crippen molar-refractivity contribution in [1.82, 2.24) is 0 Å². The second-order valence-electron chi connectivity index (χ2n) is 0.461. The van der Waals surface area contributed by atoms with Crippen LogP contribution in [0.1, 0.15) is 0 Å². The standard InChI is InChI=1S/2Ca.2H2O3S.4H/c;;2*1-4(2)3;;;;/h;;2*(H2,1,2,3);;;;. The first-order valence-electron chi connectivity index (χ1n) is 1.06. The van der Waals surface area contributed by atoms with E-state index >= 15 is 0 Å². The fourth-order valence-electron chi connectivity index (χ4n) is 0. The fraction of sp³-hybridized carbons (Fsp3) is 0. The summed E-state index contributed by atoms with van der Waals surface area (Å²) in [6.07, 6.45) is 0. The Labute approximate surface area is 122 Å². The molecule has 0 radical (unpaired) electrons. The topological polar surface area (TPSA) is 115 Å². The molecule has 0 aliphatic carbocycles. The Morgan fingerprint density at radius 3 is 0.700 bits per heavy atom. The summed E-state index contributed by atoms with van der Waals surface area (Å²) in [5.41, 5.74) is 0. The van der Waals surface area contributed by atoms with Gasteiger partial charge in [-0.05, 0) is 0 Å². The van der Waals surface area contributed by atoms with Gasteiger partial charge in [-0.15, -0.1) is 0 Å². The van der Waals surface area contributed by atoms with E-state index in [1.54, 1.807) is 0 Å². The number of hydrogen-bond acceptors (Lipinski definition) is 2. The summed E-state index contributed by atoms with van der Waals surface area (Å²) in [4.78, 5) is 0. The van der Waals surface area contributed by atoms with Crippen molar-refractivity contribution in [2.75, 3.05) is 0 Å². The van der Waals surface area contributed by atoms with Gasteiger partial charge in [-0.25, -0.2) is 0 Å².